The summed E-state index contributed by atoms with van der Waals surface area (Å²) in [5.41, 5.74) is 0.368. The Morgan fingerprint density at radius 3 is 2.12 bits per heavy atom. The van der Waals surface area contributed by atoms with E-state index in [2.05, 4.69) is 4.72 Å². The van der Waals surface area contributed by atoms with E-state index in [4.69, 9.17) is 0 Å². The summed E-state index contributed by atoms with van der Waals surface area (Å²) in [5.74, 6) is -0.418. The molecule has 0 saturated heterocycles. The second-order valence-corrected chi connectivity index (χ2v) is 7.41. The first-order chi connectivity index (χ1) is 12.1. The molecule has 0 aliphatic rings. The largest absolute Gasteiger partial charge is 0.416 e. The maximum Gasteiger partial charge on any atom is 0.416 e. The highest BCUT2D eigenvalue weighted by molar-refractivity contribution is 7.92. The van der Waals surface area contributed by atoms with Gasteiger partial charge in [0.05, 0.1) is 11.3 Å². The van der Waals surface area contributed by atoms with Gasteiger partial charge in [0.15, 0.2) is 5.78 Å². The normalized spacial score (nSPS) is 12.3. The molecule has 0 aliphatic carbocycles. The molecule has 1 N–H and O–H groups in total. The molecule has 8 heteroatoms. The van der Waals surface area contributed by atoms with E-state index in [1.807, 2.05) is 0 Å². The van der Waals surface area contributed by atoms with Crippen LogP contribution in [0.3, 0.4) is 0 Å². The van der Waals surface area contributed by atoms with Crippen LogP contribution in [0.2, 0.25) is 0 Å². The number of ketones is 1. The molecule has 26 heavy (non-hydrogen) atoms. The summed E-state index contributed by atoms with van der Waals surface area (Å²) < 4.78 is 62.8. The Balaban J connectivity index is 2.06. The molecule has 2 aromatic rings. The van der Waals surface area contributed by atoms with Crippen molar-refractivity contribution in [1.29, 1.82) is 0 Å². The van der Waals surface area contributed by atoms with Gasteiger partial charge in [0.25, 0.3) is 0 Å². The number of nitrogens with one attached hydrogen (secondary N) is 1. The fourth-order valence-electron chi connectivity index (χ4n) is 2.01. The van der Waals surface area contributed by atoms with E-state index in [1.54, 1.807) is 0 Å². The molecule has 2 aromatic carbocycles. The lowest BCUT2D eigenvalue weighted by Gasteiger charge is -2.06. The predicted octanol–water partition coefficient (Wildman–Crippen LogP) is 4.36. The van der Waals surface area contributed by atoms with E-state index in [-0.39, 0.29) is 11.5 Å². The Labute approximate surface area is 149 Å². The minimum atomic E-state index is -4.40. The van der Waals surface area contributed by atoms with Gasteiger partial charge in [-0.1, -0.05) is 18.2 Å². The monoisotopic (exact) mass is 383 g/mol. The SMILES string of the molecule is CCS(=O)(=O)Nc1ccc(C(=O)/C=C/c2ccc(C(F)(F)F)cc2)cc1. The molecule has 0 spiro atoms. The fourth-order valence-corrected chi connectivity index (χ4v) is 2.65. The van der Waals surface area contributed by atoms with Gasteiger partial charge in [0.1, 0.15) is 0 Å². The van der Waals surface area contributed by atoms with Gasteiger partial charge in [-0.2, -0.15) is 13.2 Å². The van der Waals surface area contributed by atoms with Gasteiger partial charge in [0, 0.05) is 11.3 Å². The standard InChI is InChI=1S/C18H16F3NO3S/c1-2-26(24,25)22-16-10-6-14(7-11-16)17(23)12-5-13-3-8-15(9-4-13)18(19,20)21/h3-12,22H,2H2,1H3/b12-5+. The van der Waals surface area contributed by atoms with Crippen molar-refractivity contribution in [3.8, 4) is 0 Å². The number of hydrogen-bond acceptors (Lipinski definition) is 3. The quantitative estimate of drug-likeness (QED) is 0.595. The van der Waals surface area contributed by atoms with Gasteiger partial charge in [-0.25, -0.2) is 8.42 Å². The van der Waals surface area contributed by atoms with Crippen molar-refractivity contribution >= 4 is 27.6 Å². The Hall–Kier alpha value is -2.61. The average Bonchev–Trinajstić information content (AvgIpc) is 2.59. The number of rotatable bonds is 6. The third-order valence-electron chi connectivity index (χ3n) is 3.49. The number of sulfonamides is 1. The highest BCUT2D eigenvalue weighted by Crippen LogP contribution is 2.29. The third kappa shape index (κ3) is 5.45. The van der Waals surface area contributed by atoms with Crippen molar-refractivity contribution in [2.24, 2.45) is 0 Å². The molecule has 0 fully saturated rings. The third-order valence-corrected chi connectivity index (χ3v) is 4.79. The van der Waals surface area contributed by atoms with Crippen LogP contribution >= 0.6 is 0 Å². The second-order valence-electron chi connectivity index (χ2n) is 5.40. The summed E-state index contributed by atoms with van der Waals surface area (Å²) in [4.78, 5) is 12.1. The van der Waals surface area contributed by atoms with Crippen molar-refractivity contribution in [3.05, 3.63) is 71.3 Å². The Morgan fingerprint density at radius 1 is 1.04 bits per heavy atom. The number of anilines is 1. The van der Waals surface area contributed by atoms with Gasteiger partial charge >= 0.3 is 6.18 Å². The summed E-state index contributed by atoms with van der Waals surface area (Å²) >= 11 is 0. The lowest BCUT2D eigenvalue weighted by atomic mass is 10.1. The Morgan fingerprint density at radius 2 is 1.62 bits per heavy atom. The van der Waals surface area contributed by atoms with Crippen LogP contribution in [-0.4, -0.2) is 20.0 Å². The topological polar surface area (TPSA) is 63.2 Å². The van der Waals surface area contributed by atoms with Crippen molar-refractivity contribution in [1.82, 2.24) is 0 Å². The van der Waals surface area contributed by atoms with Crippen molar-refractivity contribution < 1.29 is 26.4 Å². The predicted molar refractivity (Wildman–Crippen MR) is 94.3 cm³/mol. The number of allylic oxidation sites excluding steroid dienone is 1. The van der Waals surface area contributed by atoms with Gasteiger partial charge in [-0.3, -0.25) is 9.52 Å². The highest BCUT2D eigenvalue weighted by atomic mass is 32.2. The minimum Gasteiger partial charge on any atom is -0.289 e. The van der Waals surface area contributed by atoms with Gasteiger partial charge < -0.3 is 0 Å². The molecule has 0 heterocycles. The van der Waals surface area contributed by atoms with E-state index in [0.29, 0.717) is 16.8 Å². The molecule has 0 bridgehead atoms. The van der Waals surface area contributed by atoms with E-state index in [9.17, 15) is 26.4 Å². The van der Waals surface area contributed by atoms with Crippen molar-refractivity contribution in [2.75, 3.05) is 10.5 Å². The van der Waals surface area contributed by atoms with Crippen LogP contribution in [-0.2, 0) is 16.2 Å². The van der Waals surface area contributed by atoms with Crippen LogP contribution in [0.25, 0.3) is 6.08 Å². The van der Waals surface area contributed by atoms with E-state index >= 15 is 0 Å². The van der Waals surface area contributed by atoms with Gasteiger partial charge in [-0.15, -0.1) is 0 Å². The summed E-state index contributed by atoms with van der Waals surface area (Å²) in [6.45, 7) is 1.51. The number of alkyl halides is 3. The molecule has 2 rings (SSSR count). The maximum atomic E-state index is 12.5. The summed E-state index contributed by atoms with van der Waals surface area (Å²) in [5, 5.41) is 0. The number of carbonyl (C=O) groups excluding carboxylic acids is 1. The lowest BCUT2D eigenvalue weighted by Crippen LogP contribution is -2.14. The molecule has 4 nitrogen and oxygen atoms in total. The van der Waals surface area contributed by atoms with Crippen molar-refractivity contribution in [2.45, 2.75) is 13.1 Å². The number of halogens is 3. The summed E-state index contributed by atoms with van der Waals surface area (Å²) in [6.07, 6.45) is -1.75. The van der Waals surface area contributed by atoms with Crippen molar-refractivity contribution in [3.63, 3.8) is 0 Å². The van der Waals surface area contributed by atoms with E-state index in [1.165, 1.54) is 55.5 Å². The molecule has 0 amide bonds. The van der Waals surface area contributed by atoms with Crippen LogP contribution in [0.15, 0.2) is 54.6 Å². The molecular weight excluding hydrogens is 367 g/mol. The van der Waals surface area contributed by atoms with E-state index < -0.39 is 21.8 Å². The number of hydrogen-bond donors (Lipinski definition) is 1. The highest BCUT2D eigenvalue weighted by Gasteiger charge is 2.29. The lowest BCUT2D eigenvalue weighted by molar-refractivity contribution is -0.137. The summed E-state index contributed by atoms with van der Waals surface area (Å²) in [6, 6.07) is 10.3. The zero-order valence-electron chi connectivity index (χ0n) is 13.7. The van der Waals surface area contributed by atoms with E-state index in [0.717, 1.165) is 12.1 Å². The molecule has 138 valence electrons. The molecule has 0 saturated carbocycles. The minimum absolute atomic E-state index is 0.0659. The first kappa shape index (κ1) is 19.7. The zero-order valence-corrected chi connectivity index (χ0v) is 14.6. The first-order valence-corrected chi connectivity index (χ1v) is 9.26. The molecule has 0 aromatic heterocycles. The maximum absolute atomic E-state index is 12.5. The van der Waals surface area contributed by atoms with Crippen LogP contribution in [0.1, 0.15) is 28.4 Å². The molecule has 0 atom stereocenters. The number of carbonyl (C=O) groups is 1. The smallest absolute Gasteiger partial charge is 0.289 e. The van der Waals surface area contributed by atoms with Gasteiger partial charge in [0.2, 0.25) is 10.0 Å². The zero-order chi connectivity index (χ0) is 19.4. The summed E-state index contributed by atoms with van der Waals surface area (Å²) in [7, 11) is -3.39. The van der Waals surface area contributed by atoms with Crippen LogP contribution in [0.5, 0.6) is 0 Å². The molecule has 0 radical (unpaired) electrons. The molecule has 0 aliphatic heterocycles. The van der Waals surface area contributed by atoms with Crippen LogP contribution < -0.4 is 4.72 Å². The van der Waals surface area contributed by atoms with Crippen LogP contribution in [0, 0.1) is 0 Å². The average molecular weight is 383 g/mol. The van der Waals surface area contributed by atoms with Gasteiger partial charge in [-0.05, 0) is 55.0 Å². The molecular formula is C18H16F3NO3S. The van der Waals surface area contributed by atoms with Crippen LogP contribution in [0.4, 0.5) is 18.9 Å². The number of benzene rings is 2. The first-order valence-electron chi connectivity index (χ1n) is 7.61. The Bertz CT molecular complexity index is 900. The second kappa shape index (κ2) is 7.74. The Kier molecular flexibility index (Phi) is 5.86. The molecule has 0 unspecified atom stereocenters. The fraction of sp³-hybridized carbons (Fsp3) is 0.167.